The van der Waals surface area contributed by atoms with Gasteiger partial charge in [-0.3, -0.25) is 9.78 Å². The topological polar surface area (TPSA) is 59.2 Å². The zero-order valence-corrected chi connectivity index (χ0v) is 10.8. The molecular formula is C13H21N3O. The molecule has 94 valence electrons. The van der Waals surface area contributed by atoms with Crippen LogP contribution < -0.4 is 5.73 Å². The Kier molecular flexibility index (Phi) is 5.10. The molecule has 0 saturated carbocycles. The minimum absolute atomic E-state index is 0.00157. The van der Waals surface area contributed by atoms with Gasteiger partial charge in [0.15, 0.2) is 0 Å². The number of aromatic nitrogens is 1. The van der Waals surface area contributed by atoms with Gasteiger partial charge in [-0.05, 0) is 32.4 Å². The lowest BCUT2D eigenvalue weighted by molar-refractivity contribution is -0.133. The summed E-state index contributed by atoms with van der Waals surface area (Å²) in [5, 5.41) is 0. The number of nitrogens with two attached hydrogens (primary N) is 1. The average Bonchev–Trinajstić information content (AvgIpc) is 2.34. The maximum atomic E-state index is 12.0. The number of carbonyl (C=O) groups is 1. The fourth-order valence-electron chi connectivity index (χ4n) is 1.64. The van der Waals surface area contributed by atoms with Crippen molar-refractivity contribution >= 4 is 5.91 Å². The molecule has 1 aromatic rings. The molecule has 1 atom stereocenters. The van der Waals surface area contributed by atoms with E-state index < -0.39 is 6.04 Å². The van der Waals surface area contributed by atoms with Crippen LogP contribution in [0.4, 0.5) is 0 Å². The second-order valence-electron chi connectivity index (χ2n) is 4.14. The third kappa shape index (κ3) is 3.82. The molecule has 1 amide bonds. The van der Waals surface area contributed by atoms with Gasteiger partial charge < -0.3 is 10.6 Å². The van der Waals surface area contributed by atoms with Crippen molar-refractivity contribution in [1.82, 2.24) is 9.88 Å². The number of hydrogen-bond donors (Lipinski definition) is 1. The van der Waals surface area contributed by atoms with E-state index >= 15 is 0 Å². The van der Waals surface area contributed by atoms with E-state index in [-0.39, 0.29) is 5.91 Å². The van der Waals surface area contributed by atoms with E-state index in [1.807, 2.05) is 39.0 Å². The molecule has 0 unspecified atom stereocenters. The number of aryl methyl sites for hydroxylation is 1. The molecule has 0 aliphatic heterocycles. The number of nitrogens with zero attached hydrogens (tertiary/aromatic N) is 2. The minimum atomic E-state index is -0.403. The fourth-order valence-corrected chi connectivity index (χ4v) is 1.64. The summed E-state index contributed by atoms with van der Waals surface area (Å²) in [6, 6.07) is 5.43. The molecule has 4 heteroatoms. The first-order valence-corrected chi connectivity index (χ1v) is 6.05. The SMILES string of the molecule is CC[C@@H](N)C(=O)N(CC)Cc1cccc(C)n1. The van der Waals surface area contributed by atoms with Crippen LogP contribution >= 0.6 is 0 Å². The van der Waals surface area contributed by atoms with Crippen LogP contribution in [0.3, 0.4) is 0 Å². The van der Waals surface area contributed by atoms with Gasteiger partial charge in [0.1, 0.15) is 0 Å². The lowest BCUT2D eigenvalue weighted by Crippen LogP contribution is -2.43. The lowest BCUT2D eigenvalue weighted by atomic mass is 10.2. The quantitative estimate of drug-likeness (QED) is 0.841. The highest BCUT2D eigenvalue weighted by Crippen LogP contribution is 2.05. The highest BCUT2D eigenvalue weighted by atomic mass is 16.2. The maximum Gasteiger partial charge on any atom is 0.239 e. The van der Waals surface area contributed by atoms with Crippen LogP contribution in [0.1, 0.15) is 31.7 Å². The maximum absolute atomic E-state index is 12.0. The smallest absolute Gasteiger partial charge is 0.239 e. The van der Waals surface area contributed by atoms with E-state index in [0.29, 0.717) is 19.5 Å². The predicted octanol–water partition coefficient (Wildman–Crippen LogP) is 1.48. The highest BCUT2D eigenvalue weighted by Gasteiger charge is 2.18. The lowest BCUT2D eigenvalue weighted by Gasteiger charge is -2.23. The van der Waals surface area contributed by atoms with E-state index in [1.165, 1.54) is 0 Å². The molecule has 0 radical (unpaired) electrons. The number of rotatable bonds is 5. The molecule has 0 aliphatic rings. The molecule has 17 heavy (non-hydrogen) atoms. The van der Waals surface area contributed by atoms with Crippen LogP contribution in [-0.4, -0.2) is 28.4 Å². The fraction of sp³-hybridized carbons (Fsp3) is 0.538. The van der Waals surface area contributed by atoms with Crippen LogP contribution in [-0.2, 0) is 11.3 Å². The van der Waals surface area contributed by atoms with E-state index in [9.17, 15) is 4.79 Å². The minimum Gasteiger partial charge on any atom is -0.336 e. The van der Waals surface area contributed by atoms with Gasteiger partial charge in [-0.25, -0.2) is 0 Å². The zero-order chi connectivity index (χ0) is 12.8. The van der Waals surface area contributed by atoms with E-state index in [0.717, 1.165) is 11.4 Å². The summed E-state index contributed by atoms with van der Waals surface area (Å²) < 4.78 is 0. The van der Waals surface area contributed by atoms with Gasteiger partial charge >= 0.3 is 0 Å². The average molecular weight is 235 g/mol. The molecule has 0 aromatic carbocycles. The summed E-state index contributed by atoms with van der Waals surface area (Å²) >= 11 is 0. The Morgan fingerprint density at radius 2 is 2.18 bits per heavy atom. The standard InChI is InChI=1S/C13H21N3O/c1-4-12(14)13(17)16(5-2)9-11-8-6-7-10(3)15-11/h6-8,12H,4-5,9,14H2,1-3H3/t12-/m1/s1. The Balaban J connectivity index is 2.73. The molecule has 0 bridgehead atoms. The first kappa shape index (κ1) is 13.6. The summed E-state index contributed by atoms with van der Waals surface area (Å²) in [6.07, 6.45) is 0.663. The van der Waals surface area contributed by atoms with E-state index in [2.05, 4.69) is 4.98 Å². The van der Waals surface area contributed by atoms with Gasteiger partial charge in [0.05, 0.1) is 18.3 Å². The van der Waals surface area contributed by atoms with Crippen molar-refractivity contribution in [3.05, 3.63) is 29.6 Å². The van der Waals surface area contributed by atoms with Crippen LogP contribution in [0.25, 0.3) is 0 Å². The third-order valence-corrected chi connectivity index (χ3v) is 2.75. The molecule has 2 N–H and O–H groups in total. The van der Waals surface area contributed by atoms with Gasteiger partial charge in [0.25, 0.3) is 0 Å². The van der Waals surface area contributed by atoms with Gasteiger partial charge in [-0.1, -0.05) is 13.0 Å². The largest absolute Gasteiger partial charge is 0.336 e. The highest BCUT2D eigenvalue weighted by molar-refractivity contribution is 5.81. The Hall–Kier alpha value is -1.42. The molecule has 0 spiro atoms. The van der Waals surface area contributed by atoms with E-state index in [1.54, 1.807) is 4.90 Å². The molecule has 0 aliphatic carbocycles. The number of hydrogen-bond acceptors (Lipinski definition) is 3. The second-order valence-corrected chi connectivity index (χ2v) is 4.14. The normalized spacial score (nSPS) is 12.2. The Morgan fingerprint density at radius 3 is 2.71 bits per heavy atom. The summed E-state index contributed by atoms with van der Waals surface area (Å²) in [4.78, 5) is 18.1. The number of carbonyl (C=O) groups excluding carboxylic acids is 1. The molecule has 1 rings (SSSR count). The van der Waals surface area contributed by atoms with Crippen LogP contribution in [0.5, 0.6) is 0 Å². The Labute approximate surface area is 103 Å². The van der Waals surface area contributed by atoms with E-state index in [4.69, 9.17) is 5.73 Å². The number of pyridine rings is 1. The van der Waals surface area contributed by atoms with Crippen molar-refractivity contribution in [3.8, 4) is 0 Å². The van der Waals surface area contributed by atoms with Crippen molar-refractivity contribution in [2.45, 2.75) is 39.8 Å². The van der Waals surface area contributed by atoms with Crippen molar-refractivity contribution in [3.63, 3.8) is 0 Å². The van der Waals surface area contributed by atoms with Gasteiger partial charge in [0.2, 0.25) is 5.91 Å². The molecule has 1 heterocycles. The molecule has 1 aromatic heterocycles. The summed E-state index contributed by atoms with van der Waals surface area (Å²) in [6.45, 7) is 7.00. The molecule has 0 fully saturated rings. The van der Waals surface area contributed by atoms with Crippen molar-refractivity contribution in [2.24, 2.45) is 5.73 Å². The first-order valence-electron chi connectivity index (χ1n) is 6.05. The summed E-state index contributed by atoms with van der Waals surface area (Å²) in [7, 11) is 0. The summed E-state index contributed by atoms with van der Waals surface area (Å²) in [5.41, 5.74) is 7.63. The van der Waals surface area contributed by atoms with Crippen molar-refractivity contribution in [1.29, 1.82) is 0 Å². The number of amides is 1. The molecule has 4 nitrogen and oxygen atoms in total. The van der Waals surface area contributed by atoms with Crippen LogP contribution in [0, 0.1) is 6.92 Å². The Bertz CT molecular complexity index is 379. The Morgan fingerprint density at radius 1 is 1.47 bits per heavy atom. The van der Waals surface area contributed by atoms with Gasteiger partial charge in [-0.15, -0.1) is 0 Å². The van der Waals surface area contributed by atoms with Crippen molar-refractivity contribution < 1.29 is 4.79 Å². The first-order chi connectivity index (χ1) is 8.08. The molecular weight excluding hydrogens is 214 g/mol. The van der Waals surface area contributed by atoms with Crippen molar-refractivity contribution in [2.75, 3.05) is 6.54 Å². The predicted molar refractivity (Wildman–Crippen MR) is 68.3 cm³/mol. The van der Waals surface area contributed by atoms with Gasteiger partial charge in [0, 0.05) is 12.2 Å². The van der Waals surface area contributed by atoms with Gasteiger partial charge in [-0.2, -0.15) is 0 Å². The molecule has 0 saturated heterocycles. The van der Waals surface area contributed by atoms with Crippen LogP contribution in [0.15, 0.2) is 18.2 Å². The third-order valence-electron chi connectivity index (χ3n) is 2.75. The van der Waals surface area contributed by atoms with Crippen LogP contribution in [0.2, 0.25) is 0 Å². The summed E-state index contributed by atoms with van der Waals surface area (Å²) in [5.74, 6) is -0.00157. The monoisotopic (exact) mass is 235 g/mol. The number of likely N-dealkylation sites (N-methyl/N-ethyl adjacent to an activating group) is 1. The second kappa shape index (κ2) is 6.35. The zero-order valence-electron chi connectivity index (χ0n) is 10.8.